The number of hydrogen-bond donors (Lipinski definition) is 3. The SMILES string of the molecule is COCCNC(=O)CCNC(=O)c1ccc(C(=O)O)s1. The molecule has 3 N–H and O–H groups in total. The van der Waals surface area contributed by atoms with Crippen molar-refractivity contribution in [2.24, 2.45) is 0 Å². The first kappa shape index (κ1) is 16.1. The molecule has 0 aliphatic carbocycles. The largest absolute Gasteiger partial charge is 0.477 e. The molecule has 110 valence electrons. The highest BCUT2D eigenvalue weighted by Gasteiger charge is 2.12. The quantitative estimate of drug-likeness (QED) is 0.600. The lowest BCUT2D eigenvalue weighted by atomic mass is 10.3. The molecule has 1 aromatic heterocycles. The summed E-state index contributed by atoms with van der Waals surface area (Å²) in [5.74, 6) is -1.63. The van der Waals surface area contributed by atoms with Crippen molar-refractivity contribution >= 4 is 29.1 Å². The van der Waals surface area contributed by atoms with Crippen molar-refractivity contribution in [1.29, 1.82) is 0 Å². The molecule has 1 heterocycles. The van der Waals surface area contributed by atoms with Gasteiger partial charge in [0.2, 0.25) is 5.91 Å². The maximum absolute atomic E-state index is 11.7. The van der Waals surface area contributed by atoms with E-state index >= 15 is 0 Å². The number of carbonyl (C=O) groups is 3. The van der Waals surface area contributed by atoms with Gasteiger partial charge in [-0.2, -0.15) is 0 Å². The Morgan fingerprint density at radius 2 is 1.90 bits per heavy atom. The minimum Gasteiger partial charge on any atom is -0.477 e. The summed E-state index contributed by atoms with van der Waals surface area (Å²) >= 11 is 0.896. The van der Waals surface area contributed by atoms with Gasteiger partial charge in [-0.3, -0.25) is 9.59 Å². The number of amides is 2. The number of carbonyl (C=O) groups excluding carboxylic acids is 2. The van der Waals surface area contributed by atoms with Crippen molar-refractivity contribution in [3.05, 3.63) is 21.9 Å². The Hall–Kier alpha value is -1.93. The number of ether oxygens (including phenoxy) is 1. The Morgan fingerprint density at radius 3 is 2.50 bits per heavy atom. The van der Waals surface area contributed by atoms with E-state index in [1.165, 1.54) is 12.1 Å². The first-order valence-corrected chi connectivity index (χ1v) is 6.73. The predicted octanol–water partition coefficient (Wildman–Crippen LogP) is 0.329. The molecular weight excluding hydrogens is 284 g/mol. The van der Waals surface area contributed by atoms with E-state index in [9.17, 15) is 14.4 Å². The van der Waals surface area contributed by atoms with Crippen molar-refractivity contribution in [1.82, 2.24) is 10.6 Å². The predicted molar refractivity (Wildman–Crippen MR) is 73.1 cm³/mol. The molecule has 8 heteroatoms. The molecular formula is C12H16N2O5S. The van der Waals surface area contributed by atoms with Crippen LogP contribution in [0.2, 0.25) is 0 Å². The molecule has 0 unspecified atom stereocenters. The zero-order chi connectivity index (χ0) is 15.0. The minimum atomic E-state index is -1.06. The average Bonchev–Trinajstić information content (AvgIpc) is 2.88. The second-order valence-electron chi connectivity index (χ2n) is 3.82. The van der Waals surface area contributed by atoms with Gasteiger partial charge in [-0.15, -0.1) is 11.3 Å². The van der Waals surface area contributed by atoms with Crippen LogP contribution >= 0.6 is 11.3 Å². The van der Waals surface area contributed by atoms with E-state index in [2.05, 4.69) is 10.6 Å². The molecule has 2 amide bonds. The third-order valence-corrected chi connectivity index (χ3v) is 3.38. The number of rotatable bonds is 8. The summed E-state index contributed by atoms with van der Waals surface area (Å²) in [6.45, 7) is 1.05. The van der Waals surface area contributed by atoms with E-state index in [1.807, 2.05) is 0 Å². The third kappa shape index (κ3) is 5.37. The van der Waals surface area contributed by atoms with Crippen LogP contribution in [0.4, 0.5) is 0 Å². The number of carboxylic acid groups (broad SMARTS) is 1. The highest BCUT2D eigenvalue weighted by molar-refractivity contribution is 7.15. The van der Waals surface area contributed by atoms with Gasteiger partial charge in [-0.1, -0.05) is 0 Å². The van der Waals surface area contributed by atoms with Crippen LogP contribution < -0.4 is 10.6 Å². The smallest absolute Gasteiger partial charge is 0.345 e. The lowest BCUT2D eigenvalue weighted by molar-refractivity contribution is -0.121. The summed E-state index contributed by atoms with van der Waals surface area (Å²) in [5.41, 5.74) is 0. The van der Waals surface area contributed by atoms with Gasteiger partial charge in [0.05, 0.1) is 11.5 Å². The molecule has 0 fully saturated rings. The number of carboxylic acids is 1. The highest BCUT2D eigenvalue weighted by atomic mass is 32.1. The lowest BCUT2D eigenvalue weighted by Gasteiger charge is -2.05. The molecule has 0 atom stereocenters. The minimum absolute atomic E-state index is 0.104. The van der Waals surface area contributed by atoms with Crippen LogP contribution in [0.1, 0.15) is 25.8 Å². The summed E-state index contributed by atoms with van der Waals surface area (Å²) in [6.07, 6.45) is 0.159. The van der Waals surface area contributed by atoms with Crippen molar-refractivity contribution in [2.45, 2.75) is 6.42 Å². The third-order valence-electron chi connectivity index (χ3n) is 2.31. The molecule has 0 aromatic carbocycles. The molecule has 0 aliphatic rings. The molecule has 1 aromatic rings. The van der Waals surface area contributed by atoms with Gasteiger partial charge in [0, 0.05) is 26.6 Å². The standard InChI is InChI=1S/C12H16N2O5S/c1-19-7-6-13-10(15)4-5-14-11(16)8-2-3-9(20-8)12(17)18/h2-3H,4-7H2,1H3,(H,13,15)(H,14,16)(H,17,18). The zero-order valence-corrected chi connectivity index (χ0v) is 11.8. The molecule has 0 spiro atoms. The molecule has 20 heavy (non-hydrogen) atoms. The first-order chi connectivity index (χ1) is 9.54. The van der Waals surface area contributed by atoms with Crippen LogP contribution in [0.3, 0.4) is 0 Å². The normalized spacial score (nSPS) is 10.1. The Labute approximate surface area is 119 Å². The number of aromatic carboxylic acids is 1. The summed E-state index contributed by atoms with van der Waals surface area (Å²) in [6, 6.07) is 2.82. The fourth-order valence-electron chi connectivity index (χ4n) is 1.33. The van der Waals surface area contributed by atoms with E-state index in [1.54, 1.807) is 7.11 Å². The fourth-order valence-corrected chi connectivity index (χ4v) is 2.09. The second-order valence-corrected chi connectivity index (χ2v) is 4.90. The summed E-state index contributed by atoms with van der Waals surface area (Å²) in [4.78, 5) is 34.1. The molecule has 0 saturated carbocycles. The van der Waals surface area contributed by atoms with Gasteiger partial charge in [0.25, 0.3) is 5.91 Å². The van der Waals surface area contributed by atoms with Crippen LogP contribution in [0, 0.1) is 0 Å². The fraction of sp³-hybridized carbons (Fsp3) is 0.417. The summed E-state index contributed by atoms with van der Waals surface area (Å²) in [7, 11) is 1.54. The van der Waals surface area contributed by atoms with E-state index in [-0.39, 0.29) is 29.7 Å². The van der Waals surface area contributed by atoms with Crippen LogP contribution in [-0.2, 0) is 9.53 Å². The number of nitrogens with one attached hydrogen (secondary N) is 2. The topological polar surface area (TPSA) is 105 Å². The Morgan fingerprint density at radius 1 is 1.20 bits per heavy atom. The van der Waals surface area contributed by atoms with Gasteiger partial charge >= 0.3 is 5.97 Å². The highest BCUT2D eigenvalue weighted by Crippen LogP contribution is 2.15. The zero-order valence-electron chi connectivity index (χ0n) is 11.0. The number of hydrogen-bond acceptors (Lipinski definition) is 5. The number of thiophene rings is 1. The molecule has 7 nitrogen and oxygen atoms in total. The van der Waals surface area contributed by atoms with Gasteiger partial charge in [-0.05, 0) is 12.1 Å². The van der Waals surface area contributed by atoms with E-state index in [0.717, 1.165) is 11.3 Å². The maximum atomic E-state index is 11.7. The Balaban J connectivity index is 2.29. The molecule has 0 aliphatic heterocycles. The molecule has 0 radical (unpaired) electrons. The molecule has 0 bridgehead atoms. The number of methoxy groups -OCH3 is 1. The second kappa shape index (κ2) is 8.28. The van der Waals surface area contributed by atoms with Gasteiger partial charge < -0.3 is 20.5 Å². The Kier molecular flexibility index (Phi) is 6.68. The summed E-state index contributed by atoms with van der Waals surface area (Å²) < 4.78 is 4.78. The van der Waals surface area contributed by atoms with E-state index in [4.69, 9.17) is 9.84 Å². The van der Waals surface area contributed by atoms with Crippen LogP contribution in [0.5, 0.6) is 0 Å². The molecule has 1 rings (SSSR count). The van der Waals surface area contributed by atoms with E-state index in [0.29, 0.717) is 18.0 Å². The van der Waals surface area contributed by atoms with Crippen molar-refractivity contribution in [2.75, 3.05) is 26.8 Å². The summed E-state index contributed by atoms with van der Waals surface area (Å²) in [5, 5.41) is 13.9. The lowest BCUT2D eigenvalue weighted by Crippen LogP contribution is -2.31. The molecule has 0 saturated heterocycles. The Bertz CT molecular complexity index is 486. The van der Waals surface area contributed by atoms with E-state index < -0.39 is 5.97 Å². The van der Waals surface area contributed by atoms with Crippen molar-refractivity contribution in [3.8, 4) is 0 Å². The average molecular weight is 300 g/mol. The van der Waals surface area contributed by atoms with Gasteiger partial charge in [-0.25, -0.2) is 4.79 Å². The van der Waals surface area contributed by atoms with Crippen LogP contribution in [0.25, 0.3) is 0 Å². The van der Waals surface area contributed by atoms with Gasteiger partial charge in [0.15, 0.2) is 0 Å². The van der Waals surface area contributed by atoms with Crippen molar-refractivity contribution < 1.29 is 24.2 Å². The van der Waals surface area contributed by atoms with Gasteiger partial charge in [0.1, 0.15) is 4.88 Å². The van der Waals surface area contributed by atoms with Crippen LogP contribution in [0.15, 0.2) is 12.1 Å². The first-order valence-electron chi connectivity index (χ1n) is 5.91. The van der Waals surface area contributed by atoms with Crippen LogP contribution in [-0.4, -0.2) is 49.7 Å². The monoisotopic (exact) mass is 300 g/mol. The van der Waals surface area contributed by atoms with Crippen molar-refractivity contribution in [3.63, 3.8) is 0 Å². The maximum Gasteiger partial charge on any atom is 0.345 e.